The zero-order valence-corrected chi connectivity index (χ0v) is 23.2. The SMILES string of the molecule is CCCCCCC(=O)SCC(COP(=O)([O-])OCC[N+](C)(C)C)SC(=O)CCCCCC. The molecule has 0 aromatic rings. The highest BCUT2D eigenvalue weighted by molar-refractivity contribution is 8.17. The molecular formula is C22H44NO6PS2. The Bertz CT molecular complexity index is 571. The van der Waals surface area contributed by atoms with E-state index in [0.29, 0.717) is 29.6 Å². The van der Waals surface area contributed by atoms with Crippen molar-refractivity contribution in [3.8, 4) is 0 Å². The molecule has 10 heteroatoms. The number of phosphoric acid groups is 1. The Balaban J connectivity index is 4.63. The topological polar surface area (TPSA) is 92.7 Å². The number of unbranched alkanes of at least 4 members (excludes halogenated alkanes) is 6. The molecule has 0 rings (SSSR count). The monoisotopic (exact) mass is 513 g/mol. The average molecular weight is 514 g/mol. The normalized spacial score (nSPS) is 14.8. The van der Waals surface area contributed by atoms with Crippen LogP contribution in [-0.4, -0.2) is 66.6 Å². The summed E-state index contributed by atoms with van der Waals surface area (Å²) >= 11 is 2.25. The van der Waals surface area contributed by atoms with Crippen molar-refractivity contribution in [2.45, 2.75) is 83.3 Å². The van der Waals surface area contributed by atoms with Crippen LogP contribution < -0.4 is 4.89 Å². The van der Waals surface area contributed by atoms with Gasteiger partial charge in [-0.3, -0.25) is 14.2 Å². The predicted octanol–water partition coefficient (Wildman–Crippen LogP) is 5.02. The molecule has 0 N–H and O–H groups in total. The third-order valence-electron chi connectivity index (χ3n) is 4.63. The minimum atomic E-state index is -4.46. The average Bonchev–Trinajstić information content (AvgIpc) is 2.69. The third kappa shape index (κ3) is 20.7. The number of hydrogen-bond donors (Lipinski definition) is 0. The molecule has 7 nitrogen and oxygen atoms in total. The lowest BCUT2D eigenvalue weighted by Gasteiger charge is -2.28. The lowest BCUT2D eigenvalue weighted by molar-refractivity contribution is -0.870. The Morgan fingerprint density at radius 1 is 0.906 bits per heavy atom. The van der Waals surface area contributed by atoms with Crippen LogP contribution in [0.5, 0.6) is 0 Å². The van der Waals surface area contributed by atoms with Gasteiger partial charge in [0.05, 0.1) is 27.7 Å². The fourth-order valence-corrected chi connectivity index (χ4v) is 5.50. The molecule has 0 spiro atoms. The molecule has 0 fully saturated rings. The fraction of sp³-hybridized carbons (Fsp3) is 0.909. The van der Waals surface area contributed by atoms with Crippen molar-refractivity contribution < 1.29 is 32.6 Å². The second kappa shape index (κ2) is 18.4. The van der Waals surface area contributed by atoms with Crippen molar-refractivity contribution in [1.29, 1.82) is 0 Å². The number of quaternary nitrogens is 1. The van der Waals surface area contributed by atoms with Crippen LogP contribution in [-0.2, 0) is 23.2 Å². The van der Waals surface area contributed by atoms with Crippen LogP contribution in [0.4, 0.5) is 0 Å². The molecule has 190 valence electrons. The van der Waals surface area contributed by atoms with Crippen LogP contribution in [0.3, 0.4) is 0 Å². The Morgan fingerprint density at radius 3 is 2.00 bits per heavy atom. The van der Waals surface area contributed by atoms with Gasteiger partial charge in [0, 0.05) is 23.8 Å². The highest BCUT2D eigenvalue weighted by Crippen LogP contribution is 2.39. The summed E-state index contributed by atoms with van der Waals surface area (Å²) in [5.74, 6) is 0.344. The summed E-state index contributed by atoms with van der Waals surface area (Å²) < 4.78 is 22.7. The van der Waals surface area contributed by atoms with E-state index in [2.05, 4.69) is 13.8 Å². The number of thioether (sulfide) groups is 2. The molecule has 0 aliphatic carbocycles. The minimum absolute atomic E-state index is 0.0115. The molecule has 0 aromatic heterocycles. The fourth-order valence-electron chi connectivity index (χ4n) is 2.65. The molecule has 0 amide bonds. The summed E-state index contributed by atoms with van der Waals surface area (Å²) in [5.41, 5.74) is 0. The van der Waals surface area contributed by atoms with Crippen LogP contribution in [0.15, 0.2) is 0 Å². The third-order valence-corrected chi connectivity index (χ3v) is 8.00. The van der Waals surface area contributed by atoms with E-state index in [9.17, 15) is 19.0 Å². The summed E-state index contributed by atoms with van der Waals surface area (Å²) in [6.07, 6.45) is 9.10. The maximum Gasteiger partial charge on any atom is 0.268 e. The molecule has 2 atom stereocenters. The van der Waals surface area contributed by atoms with Gasteiger partial charge >= 0.3 is 0 Å². The highest BCUT2D eigenvalue weighted by atomic mass is 32.2. The lowest BCUT2D eigenvalue weighted by atomic mass is 10.2. The van der Waals surface area contributed by atoms with Crippen LogP contribution in [0.1, 0.15) is 78.1 Å². The quantitative estimate of drug-likeness (QED) is 0.127. The van der Waals surface area contributed by atoms with E-state index in [0.717, 1.165) is 74.9 Å². The predicted molar refractivity (Wildman–Crippen MR) is 134 cm³/mol. The van der Waals surface area contributed by atoms with Crippen LogP contribution >= 0.6 is 31.3 Å². The molecule has 0 radical (unpaired) electrons. The second-order valence-electron chi connectivity index (χ2n) is 9.01. The van der Waals surface area contributed by atoms with Gasteiger partial charge in [0.2, 0.25) is 0 Å². The van der Waals surface area contributed by atoms with E-state index in [-0.39, 0.29) is 23.4 Å². The van der Waals surface area contributed by atoms with Crippen molar-refractivity contribution in [1.82, 2.24) is 0 Å². The van der Waals surface area contributed by atoms with E-state index in [1.54, 1.807) is 0 Å². The number of rotatable bonds is 20. The van der Waals surface area contributed by atoms with E-state index in [1.165, 1.54) is 0 Å². The number of carbonyl (C=O) groups excluding carboxylic acids is 2. The van der Waals surface area contributed by atoms with Gasteiger partial charge in [-0.2, -0.15) is 0 Å². The van der Waals surface area contributed by atoms with E-state index >= 15 is 0 Å². The zero-order chi connectivity index (χ0) is 24.5. The summed E-state index contributed by atoms with van der Waals surface area (Å²) in [6.45, 7) is 4.62. The Hall–Kier alpha value is 0.110. The van der Waals surface area contributed by atoms with E-state index in [4.69, 9.17) is 9.05 Å². The van der Waals surface area contributed by atoms with Crippen molar-refractivity contribution in [2.24, 2.45) is 0 Å². The van der Waals surface area contributed by atoms with Crippen LogP contribution in [0, 0.1) is 0 Å². The molecule has 0 aliphatic heterocycles. The Morgan fingerprint density at radius 2 is 1.47 bits per heavy atom. The lowest BCUT2D eigenvalue weighted by Crippen LogP contribution is -2.37. The minimum Gasteiger partial charge on any atom is -0.756 e. The van der Waals surface area contributed by atoms with Crippen molar-refractivity contribution >= 4 is 41.6 Å². The number of hydrogen-bond acceptors (Lipinski definition) is 8. The van der Waals surface area contributed by atoms with E-state index < -0.39 is 13.1 Å². The molecule has 2 unspecified atom stereocenters. The van der Waals surface area contributed by atoms with E-state index in [1.807, 2.05) is 21.1 Å². The summed E-state index contributed by atoms with van der Waals surface area (Å²) in [4.78, 5) is 36.6. The first kappa shape index (κ1) is 32.1. The summed E-state index contributed by atoms with van der Waals surface area (Å²) in [7, 11) is 1.36. The molecule has 32 heavy (non-hydrogen) atoms. The summed E-state index contributed by atoms with van der Waals surface area (Å²) in [5, 5.41) is -0.327. The van der Waals surface area contributed by atoms with Crippen LogP contribution in [0.25, 0.3) is 0 Å². The summed E-state index contributed by atoms with van der Waals surface area (Å²) in [6, 6.07) is 0. The molecule has 0 heterocycles. The number of nitrogens with zero attached hydrogens (tertiary/aromatic N) is 1. The number of carbonyl (C=O) groups is 2. The molecule has 0 bridgehead atoms. The van der Waals surface area contributed by atoms with Crippen molar-refractivity contribution in [3.05, 3.63) is 0 Å². The van der Waals surface area contributed by atoms with Gasteiger partial charge in [-0.25, -0.2) is 0 Å². The van der Waals surface area contributed by atoms with Gasteiger partial charge in [0.25, 0.3) is 7.82 Å². The van der Waals surface area contributed by atoms with Gasteiger partial charge in [-0.1, -0.05) is 75.9 Å². The maximum absolute atomic E-state index is 12.3. The molecule has 0 aliphatic rings. The van der Waals surface area contributed by atoms with Crippen molar-refractivity contribution in [2.75, 3.05) is 46.7 Å². The van der Waals surface area contributed by atoms with Gasteiger partial charge in [-0.05, 0) is 12.8 Å². The van der Waals surface area contributed by atoms with Gasteiger partial charge in [0.1, 0.15) is 13.2 Å². The standard InChI is InChI=1S/C22H44NO6PS2/c1-6-8-10-12-14-21(24)31-19-20(32-22(25)15-13-11-9-7-2)18-29-30(26,27)28-17-16-23(3,4)5/h20H,6-19H2,1-5H3. The highest BCUT2D eigenvalue weighted by Gasteiger charge is 2.21. The zero-order valence-electron chi connectivity index (χ0n) is 20.6. The first-order valence-corrected chi connectivity index (χ1v) is 15.1. The van der Waals surface area contributed by atoms with Crippen LogP contribution in [0.2, 0.25) is 0 Å². The first-order chi connectivity index (χ1) is 15.0. The maximum atomic E-state index is 12.3. The van der Waals surface area contributed by atoms with Crippen molar-refractivity contribution in [3.63, 3.8) is 0 Å². The molecule has 0 saturated carbocycles. The number of phosphoric ester groups is 1. The molecule has 0 saturated heterocycles. The second-order valence-corrected chi connectivity index (χ2v) is 12.9. The Kier molecular flexibility index (Phi) is 18.5. The molecule has 0 aromatic carbocycles. The van der Waals surface area contributed by atoms with Gasteiger partial charge in [-0.15, -0.1) is 0 Å². The van der Waals surface area contributed by atoms with Gasteiger partial charge < -0.3 is 18.4 Å². The smallest absolute Gasteiger partial charge is 0.268 e. The largest absolute Gasteiger partial charge is 0.756 e. The Labute approximate surface area is 204 Å². The van der Waals surface area contributed by atoms with Gasteiger partial charge in [0.15, 0.2) is 10.2 Å². The molecular weight excluding hydrogens is 469 g/mol. The number of likely N-dealkylation sites (N-methyl/N-ethyl adjacent to an activating group) is 1. The first-order valence-electron chi connectivity index (χ1n) is 11.7.